The molecule has 1 rings (SSSR count). The molecule has 0 aromatic heterocycles. The van der Waals surface area contributed by atoms with E-state index in [1.165, 1.54) is 18.2 Å². The maximum Gasteiger partial charge on any atom is 0.251 e. The van der Waals surface area contributed by atoms with Crippen LogP contribution in [-0.2, 0) is 0 Å². The maximum absolute atomic E-state index is 12.8. The number of halogens is 2. The Morgan fingerprint density at radius 2 is 2.19 bits per heavy atom. The largest absolute Gasteiger partial charge is 0.352 e. The Morgan fingerprint density at radius 3 is 2.81 bits per heavy atom. The third-order valence-electron chi connectivity index (χ3n) is 2.07. The lowest BCUT2D eigenvalue weighted by Gasteiger charge is -2.05. The first kappa shape index (κ1) is 12.9. The highest BCUT2D eigenvalue weighted by atomic mass is 35.5. The highest BCUT2D eigenvalue weighted by Gasteiger charge is 2.07. The van der Waals surface area contributed by atoms with Crippen LogP contribution in [0.15, 0.2) is 18.2 Å². The van der Waals surface area contributed by atoms with Crippen molar-refractivity contribution >= 4 is 17.5 Å². The smallest absolute Gasteiger partial charge is 0.251 e. The molecule has 0 unspecified atom stereocenters. The Balaban J connectivity index is 2.50. The number of hydrogen-bond donors (Lipinski definition) is 2. The first-order valence-corrected chi connectivity index (χ1v) is 5.41. The van der Waals surface area contributed by atoms with Crippen LogP contribution < -0.4 is 10.6 Å². The Hall–Kier alpha value is -1.13. The van der Waals surface area contributed by atoms with Gasteiger partial charge in [-0.2, -0.15) is 0 Å². The molecule has 0 atom stereocenters. The van der Waals surface area contributed by atoms with Gasteiger partial charge < -0.3 is 10.6 Å². The first-order valence-electron chi connectivity index (χ1n) is 5.03. The van der Waals surface area contributed by atoms with Gasteiger partial charge in [0.1, 0.15) is 5.82 Å². The topological polar surface area (TPSA) is 41.1 Å². The summed E-state index contributed by atoms with van der Waals surface area (Å²) in [6, 6.07) is 3.92. The Morgan fingerprint density at radius 1 is 1.44 bits per heavy atom. The van der Waals surface area contributed by atoms with Gasteiger partial charge in [-0.05, 0) is 38.2 Å². The minimum atomic E-state index is -0.520. The molecule has 0 saturated heterocycles. The van der Waals surface area contributed by atoms with E-state index in [9.17, 15) is 9.18 Å². The van der Waals surface area contributed by atoms with Gasteiger partial charge in [0.25, 0.3) is 5.91 Å². The molecule has 1 amide bonds. The zero-order valence-electron chi connectivity index (χ0n) is 9.02. The minimum Gasteiger partial charge on any atom is -0.352 e. The van der Waals surface area contributed by atoms with Crippen molar-refractivity contribution in [3.05, 3.63) is 34.6 Å². The number of carbonyl (C=O) groups excluding carboxylic acids is 1. The van der Waals surface area contributed by atoms with Crippen molar-refractivity contribution in [1.82, 2.24) is 10.6 Å². The van der Waals surface area contributed by atoms with Crippen molar-refractivity contribution < 1.29 is 9.18 Å². The molecule has 3 nitrogen and oxygen atoms in total. The van der Waals surface area contributed by atoms with Crippen molar-refractivity contribution in [3.63, 3.8) is 0 Å². The van der Waals surface area contributed by atoms with Gasteiger partial charge in [-0.3, -0.25) is 4.79 Å². The molecule has 1 aromatic carbocycles. The fraction of sp³-hybridized carbons (Fsp3) is 0.364. The normalized spacial score (nSPS) is 10.2. The summed E-state index contributed by atoms with van der Waals surface area (Å²) in [5, 5.41) is 5.66. The van der Waals surface area contributed by atoms with Crippen molar-refractivity contribution in [2.24, 2.45) is 0 Å². The summed E-state index contributed by atoms with van der Waals surface area (Å²) in [6.07, 6.45) is 0.844. The molecule has 16 heavy (non-hydrogen) atoms. The van der Waals surface area contributed by atoms with Crippen molar-refractivity contribution in [2.45, 2.75) is 6.42 Å². The second-order valence-electron chi connectivity index (χ2n) is 3.34. The molecule has 0 aliphatic carbocycles. The standard InChI is InChI=1S/C11H14ClFN2O/c1-14-5-2-6-15-11(16)8-3-4-10(13)9(12)7-8/h3-4,7,14H,2,5-6H2,1H3,(H,15,16). The van der Waals surface area contributed by atoms with Crippen molar-refractivity contribution in [1.29, 1.82) is 0 Å². The van der Waals surface area contributed by atoms with E-state index in [0.717, 1.165) is 13.0 Å². The van der Waals surface area contributed by atoms with Gasteiger partial charge in [0.2, 0.25) is 0 Å². The molecule has 0 aliphatic rings. The Bertz CT molecular complexity index is 371. The molecule has 2 N–H and O–H groups in total. The SMILES string of the molecule is CNCCCNC(=O)c1ccc(F)c(Cl)c1. The lowest BCUT2D eigenvalue weighted by Crippen LogP contribution is -2.26. The Kier molecular flexibility index (Phi) is 5.22. The molecule has 5 heteroatoms. The van der Waals surface area contributed by atoms with Gasteiger partial charge in [-0.1, -0.05) is 11.6 Å². The van der Waals surface area contributed by atoms with E-state index in [1.807, 2.05) is 7.05 Å². The quantitative estimate of drug-likeness (QED) is 0.776. The van der Waals surface area contributed by atoms with E-state index < -0.39 is 5.82 Å². The van der Waals surface area contributed by atoms with Gasteiger partial charge in [0.05, 0.1) is 5.02 Å². The minimum absolute atomic E-state index is 0.0390. The summed E-state index contributed by atoms with van der Waals surface area (Å²) in [6.45, 7) is 1.42. The molecule has 0 aliphatic heterocycles. The fourth-order valence-corrected chi connectivity index (χ4v) is 1.39. The third-order valence-corrected chi connectivity index (χ3v) is 2.36. The van der Waals surface area contributed by atoms with Gasteiger partial charge in [0, 0.05) is 12.1 Å². The van der Waals surface area contributed by atoms with E-state index in [1.54, 1.807) is 0 Å². The number of hydrogen-bond acceptors (Lipinski definition) is 2. The monoisotopic (exact) mass is 244 g/mol. The van der Waals surface area contributed by atoms with E-state index in [0.29, 0.717) is 12.1 Å². The maximum atomic E-state index is 12.8. The van der Waals surface area contributed by atoms with Crippen LogP contribution in [0.1, 0.15) is 16.8 Å². The highest BCUT2D eigenvalue weighted by molar-refractivity contribution is 6.31. The number of rotatable bonds is 5. The van der Waals surface area contributed by atoms with Crippen LogP contribution in [0, 0.1) is 5.82 Å². The average molecular weight is 245 g/mol. The summed E-state index contributed by atoms with van der Waals surface area (Å²) in [7, 11) is 1.85. The molecule has 0 fully saturated rings. The number of amides is 1. The molecule has 0 spiro atoms. The van der Waals surface area contributed by atoms with Crippen LogP contribution in [0.2, 0.25) is 5.02 Å². The molecule has 0 heterocycles. The van der Waals surface area contributed by atoms with E-state index in [2.05, 4.69) is 10.6 Å². The van der Waals surface area contributed by atoms with E-state index in [-0.39, 0.29) is 10.9 Å². The molecular weight excluding hydrogens is 231 g/mol. The summed E-state index contributed by atoms with van der Waals surface area (Å²) in [5.41, 5.74) is 0.371. The summed E-state index contributed by atoms with van der Waals surface area (Å²) in [5.74, 6) is -0.758. The van der Waals surface area contributed by atoms with Crippen molar-refractivity contribution in [3.8, 4) is 0 Å². The van der Waals surface area contributed by atoms with Crippen LogP contribution in [0.5, 0.6) is 0 Å². The van der Waals surface area contributed by atoms with Crippen LogP contribution >= 0.6 is 11.6 Å². The molecule has 88 valence electrons. The Labute approximate surface area is 99.0 Å². The zero-order chi connectivity index (χ0) is 12.0. The third kappa shape index (κ3) is 3.79. The highest BCUT2D eigenvalue weighted by Crippen LogP contribution is 2.15. The van der Waals surface area contributed by atoms with Gasteiger partial charge in [-0.15, -0.1) is 0 Å². The van der Waals surface area contributed by atoms with E-state index >= 15 is 0 Å². The van der Waals surface area contributed by atoms with Crippen molar-refractivity contribution in [2.75, 3.05) is 20.1 Å². The second kappa shape index (κ2) is 6.45. The second-order valence-corrected chi connectivity index (χ2v) is 3.75. The first-order chi connectivity index (χ1) is 7.65. The zero-order valence-corrected chi connectivity index (χ0v) is 9.77. The van der Waals surface area contributed by atoms with Crippen LogP contribution in [0.25, 0.3) is 0 Å². The molecule has 0 radical (unpaired) electrons. The molecule has 1 aromatic rings. The number of nitrogens with one attached hydrogen (secondary N) is 2. The van der Waals surface area contributed by atoms with Crippen LogP contribution in [-0.4, -0.2) is 26.0 Å². The summed E-state index contributed by atoms with van der Waals surface area (Å²) < 4.78 is 12.8. The van der Waals surface area contributed by atoms with Gasteiger partial charge in [-0.25, -0.2) is 4.39 Å². The summed E-state index contributed by atoms with van der Waals surface area (Å²) >= 11 is 5.58. The molecular formula is C11H14ClFN2O. The van der Waals surface area contributed by atoms with Gasteiger partial charge >= 0.3 is 0 Å². The lowest BCUT2D eigenvalue weighted by atomic mass is 10.2. The fourth-order valence-electron chi connectivity index (χ4n) is 1.21. The summed E-state index contributed by atoms with van der Waals surface area (Å²) in [4.78, 5) is 11.6. The predicted octanol–water partition coefficient (Wildman–Crippen LogP) is 1.82. The molecule has 0 saturated carbocycles. The number of carbonyl (C=O) groups is 1. The van der Waals surface area contributed by atoms with E-state index in [4.69, 9.17) is 11.6 Å². The lowest BCUT2D eigenvalue weighted by molar-refractivity contribution is 0.0953. The van der Waals surface area contributed by atoms with Crippen LogP contribution in [0.4, 0.5) is 4.39 Å². The predicted molar refractivity (Wildman–Crippen MR) is 62.3 cm³/mol. The van der Waals surface area contributed by atoms with Gasteiger partial charge in [0.15, 0.2) is 0 Å². The average Bonchev–Trinajstić information content (AvgIpc) is 2.28. The van der Waals surface area contributed by atoms with Crippen LogP contribution in [0.3, 0.4) is 0 Å². The molecule has 0 bridgehead atoms. The number of benzene rings is 1.